The predicted octanol–water partition coefficient (Wildman–Crippen LogP) is 1.46. The minimum absolute atomic E-state index is 0.171. The Morgan fingerprint density at radius 2 is 1.78 bits per heavy atom. The van der Waals surface area contributed by atoms with Gasteiger partial charge in [0.05, 0.1) is 11.5 Å². The molecule has 1 aromatic rings. The molecule has 102 valence electrons. The molecule has 0 bridgehead atoms. The van der Waals surface area contributed by atoms with Crippen molar-refractivity contribution in [1.29, 1.82) is 0 Å². The number of aromatic amines is 1. The summed E-state index contributed by atoms with van der Waals surface area (Å²) in [6, 6.07) is 1.51. The van der Waals surface area contributed by atoms with Crippen LogP contribution in [0, 0.1) is 0 Å². The average molecular weight is 272 g/mol. The summed E-state index contributed by atoms with van der Waals surface area (Å²) in [7, 11) is -3.40. The van der Waals surface area contributed by atoms with Crippen molar-refractivity contribution in [3.05, 3.63) is 18.0 Å². The minimum atomic E-state index is -3.40. The second-order valence-corrected chi connectivity index (χ2v) is 6.63. The van der Waals surface area contributed by atoms with Gasteiger partial charge in [-0.05, 0) is 18.9 Å². The number of hydrogen-bond donors (Lipinski definition) is 2. The number of aromatic nitrogens is 1. The fourth-order valence-corrected chi connectivity index (χ4v) is 3.80. The molecule has 0 aromatic carbocycles. The molecule has 1 aliphatic rings. The summed E-state index contributed by atoms with van der Waals surface area (Å²) in [5.41, 5.74) is 0.528. The number of hydrogen-bond acceptors (Lipinski definition) is 3. The molecule has 0 saturated carbocycles. The third-order valence-electron chi connectivity index (χ3n) is 3.34. The Hall–Kier alpha value is -0.850. The van der Waals surface area contributed by atoms with Crippen LogP contribution in [0.2, 0.25) is 0 Å². The van der Waals surface area contributed by atoms with Gasteiger partial charge in [0.15, 0.2) is 0 Å². The molecule has 2 heterocycles. The third kappa shape index (κ3) is 2.93. The Labute approximate surface area is 108 Å². The Morgan fingerprint density at radius 3 is 2.33 bits per heavy atom. The highest BCUT2D eigenvalue weighted by molar-refractivity contribution is 7.89. The molecule has 0 spiro atoms. The van der Waals surface area contributed by atoms with Crippen molar-refractivity contribution in [3.63, 3.8) is 0 Å². The molecule has 2 N–H and O–H groups in total. The molecule has 1 aliphatic heterocycles. The third-order valence-corrected chi connectivity index (χ3v) is 5.22. The topological polar surface area (TPSA) is 73.4 Å². The van der Waals surface area contributed by atoms with E-state index in [1.807, 2.05) is 0 Å². The van der Waals surface area contributed by atoms with E-state index in [0.29, 0.717) is 18.8 Å². The van der Waals surface area contributed by atoms with Crippen molar-refractivity contribution in [2.45, 2.75) is 43.6 Å². The van der Waals surface area contributed by atoms with Crippen LogP contribution in [0.25, 0.3) is 0 Å². The number of sulfonamides is 1. The van der Waals surface area contributed by atoms with Gasteiger partial charge in [0.1, 0.15) is 0 Å². The summed E-state index contributed by atoms with van der Waals surface area (Å²) in [5, 5.41) is 8.97. The Balaban J connectivity index is 2.17. The molecule has 0 amide bonds. The SMILES string of the molecule is O=S(=O)(c1c[nH]c(CO)c1)N1CCCCCCC1. The number of aliphatic hydroxyl groups excluding tert-OH is 1. The van der Waals surface area contributed by atoms with Crippen LogP contribution in [0.15, 0.2) is 17.2 Å². The van der Waals surface area contributed by atoms with Gasteiger partial charge in [0.25, 0.3) is 0 Å². The maximum atomic E-state index is 12.4. The van der Waals surface area contributed by atoms with Crippen LogP contribution in [0.5, 0.6) is 0 Å². The summed E-state index contributed by atoms with van der Waals surface area (Å²) in [4.78, 5) is 3.03. The molecular formula is C12H20N2O3S. The van der Waals surface area contributed by atoms with Crippen LogP contribution in [-0.2, 0) is 16.6 Å². The number of H-pyrrole nitrogens is 1. The fourth-order valence-electron chi connectivity index (χ4n) is 2.27. The number of nitrogens with one attached hydrogen (secondary N) is 1. The van der Waals surface area contributed by atoms with E-state index in [1.54, 1.807) is 4.31 Å². The van der Waals surface area contributed by atoms with E-state index in [9.17, 15) is 8.42 Å². The first-order valence-corrected chi connectivity index (χ1v) is 7.87. The second kappa shape index (κ2) is 5.86. The summed E-state index contributed by atoms with van der Waals surface area (Å²) in [6.07, 6.45) is 6.71. The number of nitrogens with zero attached hydrogens (tertiary/aromatic N) is 1. The van der Waals surface area contributed by atoms with Crippen LogP contribution in [0.4, 0.5) is 0 Å². The summed E-state index contributed by atoms with van der Waals surface area (Å²) < 4.78 is 26.4. The van der Waals surface area contributed by atoms with Crippen LogP contribution in [0.3, 0.4) is 0 Å². The maximum Gasteiger partial charge on any atom is 0.244 e. The van der Waals surface area contributed by atoms with Gasteiger partial charge in [-0.15, -0.1) is 0 Å². The summed E-state index contributed by atoms with van der Waals surface area (Å²) in [6.45, 7) is 1.03. The van der Waals surface area contributed by atoms with Gasteiger partial charge in [0, 0.05) is 25.0 Å². The molecule has 1 fully saturated rings. The van der Waals surface area contributed by atoms with E-state index in [2.05, 4.69) is 4.98 Å². The Kier molecular flexibility index (Phi) is 4.42. The highest BCUT2D eigenvalue weighted by Crippen LogP contribution is 2.20. The minimum Gasteiger partial charge on any atom is -0.390 e. The van der Waals surface area contributed by atoms with Gasteiger partial charge in [-0.1, -0.05) is 19.3 Å². The molecule has 0 unspecified atom stereocenters. The van der Waals surface area contributed by atoms with Gasteiger partial charge >= 0.3 is 0 Å². The lowest BCUT2D eigenvalue weighted by atomic mass is 10.1. The molecule has 1 saturated heterocycles. The highest BCUT2D eigenvalue weighted by atomic mass is 32.2. The van der Waals surface area contributed by atoms with Crippen molar-refractivity contribution in [1.82, 2.24) is 9.29 Å². The van der Waals surface area contributed by atoms with Crippen molar-refractivity contribution in [3.8, 4) is 0 Å². The van der Waals surface area contributed by atoms with Gasteiger partial charge in [0.2, 0.25) is 10.0 Å². The van der Waals surface area contributed by atoms with Crippen molar-refractivity contribution in [2.75, 3.05) is 13.1 Å². The molecule has 5 nitrogen and oxygen atoms in total. The zero-order valence-corrected chi connectivity index (χ0v) is 11.2. The van der Waals surface area contributed by atoms with Gasteiger partial charge < -0.3 is 10.1 Å². The molecule has 1 aromatic heterocycles. The number of rotatable bonds is 3. The lowest BCUT2D eigenvalue weighted by Gasteiger charge is -2.23. The molecule has 0 atom stereocenters. The first kappa shape index (κ1) is 13.6. The summed E-state index contributed by atoms with van der Waals surface area (Å²) in [5.74, 6) is 0. The lowest BCUT2D eigenvalue weighted by Crippen LogP contribution is -2.33. The predicted molar refractivity (Wildman–Crippen MR) is 68.6 cm³/mol. The molecule has 0 aliphatic carbocycles. The fraction of sp³-hybridized carbons (Fsp3) is 0.667. The van der Waals surface area contributed by atoms with Crippen LogP contribution >= 0.6 is 0 Å². The standard InChI is InChI=1S/C12H20N2O3S/c15-10-11-8-12(9-13-11)18(16,17)14-6-4-2-1-3-5-7-14/h8-9,13,15H,1-7,10H2. The molecule has 0 radical (unpaired) electrons. The van der Waals surface area contributed by atoms with E-state index in [-0.39, 0.29) is 11.5 Å². The summed E-state index contributed by atoms with van der Waals surface area (Å²) >= 11 is 0. The highest BCUT2D eigenvalue weighted by Gasteiger charge is 2.25. The van der Waals surface area contributed by atoms with E-state index < -0.39 is 10.0 Å². The van der Waals surface area contributed by atoms with E-state index >= 15 is 0 Å². The van der Waals surface area contributed by atoms with Crippen molar-refractivity contribution < 1.29 is 13.5 Å². The van der Waals surface area contributed by atoms with Crippen LogP contribution < -0.4 is 0 Å². The largest absolute Gasteiger partial charge is 0.390 e. The van der Waals surface area contributed by atoms with Gasteiger partial charge in [-0.2, -0.15) is 4.31 Å². The maximum absolute atomic E-state index is 12.4. The Bertz CT molecular complexity index is 473. The normalized spacial score (nSPS) is 19.4. The second-order valence-electron chi connectivity index (χ2n) is 4.69. The zero-order chi connectivity index (χ0) is 13.0. The average Bonchev–Trinajstić information content (AvgIpc) is 2.76. The molecule has 2 rings (SSSR count). The number of aliphatic hydroxyl groups is 1. The lowest BCUT2D eigenvalue weighted by molar-refractivity contribution is 0.277. The van der Waals surface area contributed by atoms with Crippen LogP contribution in [-0.4, -0.2) is 35.9 Å². The van der Waals surface area contributed by atoms with E-state index in [0.717, 1.165) is 25.7 Å². The van der Waals surface area contributed by atoms with Crippen molar-refractivity contribution in [2.24, 2.45) is 0 Å². The van der Waals surface area contributed by atoms with Gasteiger partial charge in [-0.25, -0.2) is 8.42 Å². The molecule has 18 heavy (non-hydrogen) atoms. The zero-order valence-electron chi connectivity index (χ0n) is 10.4. The molecule has 6 heteroatoms. The monoisotopic (exact) mass is 272 g/mol. The van der Waals surface area contributed by atoms with E-state index in [1.165, 1.54) is 18.7 Å². The van der Waals surface area contributed by atoms with Gasteiger partial charge in [-0.3, -0.25) is 0 Å². The first-order chi connectivity index (χ1) is 8.64. The van der Waals surface area contributed by atoms with Crippen LogP contribution in [0.1, 0.15) is 37.8 Å². The smallest absolute Gasteiger partial charge is 0.244 e. The van der Waals surface area contributed by atoms with Crippen molar-refractivity contribution >= 4 is 10.0 Å². The van der Waals surface area contributed by atoms with E-state index in [4.69, 9.17) is 5.11 Å². The Morgan fingerprint density at radius 1 is 1.17 bits per heavy atom. The first-order valence-electron chi connectivity index (χ1n) is 6.43. The quantitative estimate of drug-likeness (QED) is 0.875. The molecular weight excluding hydrogens is 252 g/mol.